The van der Waals surface area contributed by atoms with Gasteiger partial charge in [0.05, 0.1) is 52.1 Å². The Kier molecular flexibility index (Phi) is 23.1. The van der Waals surface area contributed by atoms with Crippen molar-refractivity contribution in [2.24, 2.45) is 5.41 Å². The summed E-state index contributed by atoms with van der Waals surface area (Å²) < 4.78 is 72.1. The summed E-state index contributed by atoms with van der Waals surface area (Å²) in [6.45, 7) is 3.39. The number of imidazole rings is 1. The largest absolute Gasteiger partial charge is 0.790 e. The molecule has 2 amide bonds. The minimum absolute atomic E-state index is 0.0307. The number of phosphoric ester groups is 3. The van der Waals surface area contributed by atoms with Crippen LogP contribution < -0.4 is 35.9 Å². The first-order valence-corrected chi connectivity index (χ1v) is 27.6. The third-order valence-corrected chi connectivity index (χ3v) is 14.8. The predicted molar refractivity (Wildman–Crippen MR) is 237 cm³/mol. The summed E-state index contributed by atoms with van der Waals surface area (Å²) in [4.78, 5) is 109. The van der Waals surface area contributed by atoms with Crippen LogP contribution in [0.4, 0.5) is 5.82 Å². The first kappa shape index (κ1) is 60.6. The van der Waals surface area contributed by atoms with E-state index in [9.17, 15) is 72.9 Å². The molecule has 12 atom stereocenters. The number of ether oxygens (including phenoxy) is 3. The Morgan fingerprint density at radius 2 is 1.65 bits per heavy atom. The van der Waals surface area contributed by atoms with Crippen molar-refractivity contribution in [2.75, 3.05) is 37.8 Å². The third-order valence-electron chi connectivity index (χ3n) is 11.0. The summed E-state index contributed by atoms with van der Waals surface area (Å²) in [6, 6.07) is 0. The van der Waals surface area contributed by atoms with Gasteiger partial charge in [0.1, 0.15) is 48.1 Å². The number of nitrogens with zero attached hydrogens (tertiary/aromatic N) is 4. The number of aliphatic hydroxyl groups is 4. The first-order chi connectivity index (χ1) is 33.1. The van der Waals surface area contributed by atoms with E-state index in [-0.39, 0.29) is 78.5 Å². The molecule has 0 bridgehead atoms. The minimum Gasteiger partial charge on any atom is -0.790 e. The average molecular weight is 1090 g/mol. The van der Waals surface area contributed by atoms with E-state index in [0.29, 0.717) is 12.8 Å². The van der Waals surface area contributed by atoms with E-state index < -0.39 is 109 Å². The van der Waals surface area contributed by atoms with E-state index in [1.165, 1.54) is 13.8 Å². The summed E-state index contributed by atoms with van der Waals surface area (Å²) in [6.07, 6.45) is -6.93. The lowest BCUT2D eigenvalue weighted by Gasteiger charge is -2.36. The SMILES string of the molecule is C[C@H](CCCCCCC(=O)CC(=O)SCCNC(=O)CCNC(=O)[C@H](O)C(C)(C)COP(=O)([O-])OP(=O)([O-])OC[C@H]1O[C@@H](n2cnc3c(N)ncnc32)[C@H](O)[C@@H]1OP(=O)([O-])[O-])O[C@@H]1O[C@@H](C)[C@H](O)C[C@H]1O. The molecule has 2 aliphatic heterocycles. The van der Waals surface area contributed by atoms with E-state index in [1.807, 2.05) is 6.92 Å². The maximum Gasteiger partial charge on any atom is 0.274 e. The fourth-order valence-corrected chi connectivity index (χ4v) is 10.5. The lowest BCUT2D eigenvalue weighted by molar-refractivity contribution is -0.347. The van der Waals surface area contributed by atoms with E-state index in [0.717, 1.165) is 48.2 Å². The molecule has 2 unspecified atom stereocenters. The molecule has 4 heterocycles. The lowest BCUT2D eigenvalue weighted by atomic mass is 9.87. The number of hydrogen-bond donors (Lipinski definition) is 7. The molecule has 4 rings (SSSR count). The molecule has 2 saturated heterocycles. The Morgan fingerprint density at radius 3 is 2.35 bits per heavy atom. The Labute approximate surface area is 411 Å². The van der Waals surface area contributed by atoms with E-state index in [4.69, 9.17) is 19.9 Å². The molecule has 0 aliphatic carbocycles. The number of nitrogen functional groups attached to an aromatic ring is 1. The van der Waals surface area contributed by atoms with Crippen molar-refractivity contribution in [1.82, 2.24) is 30.2 Å². The topological polar surface area (TPSA) is 451 Å². The molecule has 71 heavy (non-hydrogen) atoms. The zero-order valence-electron chi connectivity index (χ0n) is 39.1. The quantitative estimate of drug-likeness (QED) is 0.0246. The highest BCUT2D eigenvalue weighted by molar-refractivity contribution is 8.13. The van der Waals surface area contributed by atoms with Crippen LogP contribution in [0, 0.1) is 5.41 Å². The Balaban J connectivity index is 1.08. The molecule has 0 spiro atoms. The smallest absolute Gasteiger partial charge is 0.274 e. The Bertz CT molecular complexity index is 2260. The maximum atomic E-state index is 12.7. The van der Waals surface area contributed by atoms with Crippen LogP contribution in [0.5, 0.6) is 0 Å². The molecule has 2 aromatic rings. The van der Waals surface area contributed by atoms with Gasteiger partial charge in [0, 0.05) is 43.5 Å². The van der Waals surface area contributed by atoms with Crippen molar-refractivity contribution in [3.63, 3.8) is 0 Å². The third kappa shape index (κ3) is 19.7. The number of thioether (sulfide) groups is 1. The molecule has 33 heteroatoms. The standard InChI is InChI=1S/C38H64N7O22P3S/c1-21(63-37-25(48)16-24(47)22(2)64-37)9-7-5-6-8-10-23(46)15-28(50)71-14-13-40-27(49)11-12-41-35(53)32(52)38(3,4)18-62-70(59,60)67-69(57,58)61-17-26-31(66-68(54,55)56)30(51)36(65-26)45-20-44-29-33(39)42-19-43-34(29)45/h19-22,24-26,30-32,36-37,47-48,51-52H,5-18H2,1-4H3,(H,40,49)(H,41,53)(H,57,58)(H,59,60)(H2,39,42,43)(H2,54,55,56)/p-4/t21-,22+,24-,25-,26-,30-,31-,32+,36-,37-/m1/s1. The highest BCUT2D eigenvalue weighted by Gasteiger charge is 2.47. The molecule has 29 nitrogen and oxygen atoms in total. The van der Waals surface area contributed by atoms with E-state index in [1.54, 1.807) is 6.92 Å². The van der Waals surface area contributed by atoms with Crippen LogP contribution in [0.15, 0.2) is 12.7 Å². The molecular weight excluding hydrogens is 1030 g/mol. The average Bonchev–Trinajstić information content (AvgIpc) is 3.83. The van der Waals surface area contributed by atoms with Crippen LogP contribution >= 0.6 is 35.2 Å². The normalized spacial score (nSPS) is 25.5. The number of nitrogens with one attached hydrogen (secondary N) is 2. The molecular formula is C38H60N7O22P3S-4. The van der Waals surface area contributed by atoms with Gasteiger partial charge in [-0.15, -0.1) is 0 Å². The number of carbonyl (C=O) groups excluding carboxylic acids is 4. The number of anilines is 1. The Hall–Kier alpha value is -2.93. The Morgan fingerprint density at radius 1 is 0.958 bits per heavy atom. The fraction of sp³-hybridized carbons (Fsp3) is 0.763. The van der Waals surface area contributed by atoms with Gasteiger partial charge in [0.25, 0.3) is 15.6 Å². The maximum absolute atomic E-state index is 12.7. The monoisotopic (exact) mass is 1090 g/mol. The van der Waals surface area contributed by atoms with Crippen LogP contribution in [-0.4, -0.2) is 150 Å². The first-order valence-electron chi connectivity index (χ1n) is 22.2. The van der Waals surface area contributed by atoms with Crippen molar-refractivity contribution in [1.29, 1.82) is 0 Å². The summed E-state index contributed by atoms with van der Waals surface area (Å²) >= 11 is 0.875. The molecule has 0 aromatic carbocycles. The zero-order chi connectivity index (χ0) is 52.9. The number of amides is 2. The second-order valence-electron chi connectivity index (χ2n) is 17.4. The highest BCUT2D eigenvalue weighted by Crippen LogP contribution is 2.56. The number of carbonyl (C=O) groups is 4. The second kappa shape index (κ2) is 27.0. The van der Waals surface area contributed by atoms with Gasteiger partial charge in [-0.1, -0.05) is 44.9 Å². The van der Waals surface area contributed by atoms with Crippen LogP contribution in [0.1, 0.15) is 91.7 Å². The molecule has 404 valence electrons. The number of rotatable bonds is 30. The predicted octanol–water partition coefficient (Wildman–Crippen LogP) is -2.30. The van der Waals surface area contributed by atoms with Crippen molar-refractivity contribution >= 4 is 74.9 Å². The summed E-state index contributed by atoms with van der Waals surface area (Å²) in [7, 11) is -17.7. The molecule has 2 aromatic heterocycles. The molecule has 2 fully saturated rings. The van der Waals surface area contributed by atoms with Crippen molar-refractivity contribution in [3.8, 4) is 0 Å². The number of aliphatic hydroxyl groups excluding tert-OH is 4. The molecule has 2 aliphatic rings. The van der Waals surface area contributed by atoms with E-state index in [2.05, 4.69) is 43.5 Å². The second-order valence-corrected chi connectivity index (χ2v) is 22.6. The highest BCUT2D eigenvalue weighted by atomic mass is 32.2. The van der Waals surface area contributed by atoms with Gasteiger partial charge in [-0.05, 0) is 26.7 Å². The number of fused-ring (bicyclic) bond motifs is 1. The number of Topliss-reactive ketones (excluding diaryl/α,β-unsaturated/α-hetero) is 1. The van der Waals surface area contributed by atoms with Gasteiger partial charge in [-0.3, -0.25) is 32.9 Å². The zero-order valence-corrected chi connectivity index (χ0v) is 42.6. The van der Waals surface area contributed by atoms with Gasteiger partial charge in [-0.2, -0.15) is 0 Å². The van der Waals surface area contributed by atoms with Crippen LogP contribution in [0.3, 0.4) is 0 Å². The minimum atomic E-state index is -5.95. The van der Waals surface area contributed by atoms with Crippen molar-refractivity contribution < 1.29 is 105 Å². The summed E-state index contributed by atoms with van der Waals surface area (Å²) in [5, 5.41) is 45.8. The number of ketones is 1. The van der Waals surface area contributed by atoms with Crippen LogP contribution in [0.25, 0.3) is 11.2 Å². The summed E-state index contributed by atoms with van der Waals surface area (Å²) in [5.41, 5.74) is 4.01. The van der Waals surface area contributed by atoms with Crippen molar-refractivity contribution in [3.05, 3.63) is 12.7 Å². The van der Waals surface area contributed by atoms with Crippen LogP contribution in [0.2, 0.25) is 0 Å². The fourth-order valence-electron chi connectivity index (χ4n) is 7.04. The molecule has 0 radical (unpaired) electrons. The lowest BCUT2D eigenvalue weighted by Crippen LogP contribution is -2.48. The van der Waals surface area contributed by atoms with E-state index >= 15 is 0 Å². The van der Waals surface area contributed by atoms with Gasteiger partial charge in [-0.25, -0.2) is 19.3 Å². The van der Waals surface area contributed by atoms with Crippen LogP contribution in [-0.2, 0) is 65.0 Å². The van der Waals surface area contributed by atoms with Crippen molar-refractivity contribution in [2.45, 2.75) is 147 Å². The molecule has 0 saturated carbocycles. The summed E-state index contributed by atoms with van der Waals surface area (Å²) in [5.74, 6) is -1.71. The van der Waals surface area contributed by atoms with Gasteiger partial charge >= 0.3 is 0 Å². The number of nitrogens with two attached hydrogens (primary N) is 1. The number of phosphoric acid groups is 3. The molecule has 8 N–H and O–H groups in total. The number of aromatic nitrogens is 4. The van der Waals surface area contributed by atoms with Gasteiger partial charge in [0.15, 0.2) is 29.1 Å². The van der Waals surface area contributed by atoms with Gasteiger partial charge in [0.2, 0.25) is 11.8 Å². The number of unbranched alkanes of at least 4 members (excludes halogenated alkanes) is 3. The van der Waals surface area contributed by atoms with Gasteiger partial charge < -0.3 is 88.7 Å². The number of hydrogen-bond acceptors (Lipinski definition) is 27.